The van der Waals surface area contributed by atoms with E-state index < -0.39 is 0 Å². The topological polar surface area (TPSA) is 59.6 Å². The SMILES string of the molecule is CCOc1ccc(NC(=O)NCOc2ccc(Cl)cc2)cc1. The predicted octanol–water partition coefficient (Wildman–Crippen LogP) is 3.90. The van der Waals surface area contributed by atoms with E-state index in [1.54, 1.807) is 48.5 Å². The van der Waals surface area contributed by atoms with Crippen molar-refractivity contribution in [1.29, 1.82) is 0 Å². The zero-order valence-electron chi connectivity index (χ0n) is 12.1. The van der Waals surface area contributed by atoms with E-state index >= 15 is 0 Å². The van der Waals surface area contributed by atoms with Crippen LogP contribution in [0.4, 0.5) is 10.5 Å². The van der Waals surface area contributed by atoms with Gasteiger partial charge in [-0.3, -0.25) is 0 Å². The van der Waals surface area contributed by atoms with Gasteiger partial charge in [-0.05, 0) is 55.5 Å². The predicted molar refractivity (Wildman–Crippen MR) is 86.7 cm³/mol. The Balaban J connectivity index is 1.74. The van der Waals surface area contributed by atoms with Gasteiger partial charge in [0.25, 0.3) is 0 Å². The van der Waals surface area contributed by atoms with Crippen molar-refractivity contribution in [2.24, 2.45) is 0 Å². The highest BCUT2D eigenvalue weighted by Crippen LogP contribution is 2.16. The number of anilines is 1. The van der Waals surface area contributed by atoms with Crippen LogP contribution in [0.25, 0.3) is 0 Å². The first-order chi connectivity index (χ1) is 10.7. The molecule has 0 heterocycles. The van der Waals surface area contributed by atoms with Gasteiger partial charge in [0.15, 0.2) is 6.73 Å². The minimum atomic E-state index is -0.349. The first-order valence-electron chi connectivity index (χ1n) is 6.83. The Bertz CT molecular complexity index is 600. The lowest BCUT2D eigenvalue weighted by Crippen LogP contribution is -2.31. The Hall–Kier alpha value is -2.40. The van der Waals surface area contributed by atoms with Crippen LogP contribution in [-0.4, -0.2) is 19.4 Å². The number of urea groups is 1. The molecule has 2 aromatic rings. The van der Waals surface area contributed by atoms with Gasteiger partial charge in [-0.25, -0.2) is 4.79 Å². The summed E-state index contributed by atoms with van der Waals surface area (Å²) in [5.74, 6) is 1.39. The number of halogens is 1. The maximum atomic E-state index is 11.7. The molecule has 0 radical (unpaired) electrons. The molecule has 22 heavy (non-hydrogen) atoms. The molecule has 5 nitrogen and oxygen atoms in total. The van der Waals surface area contributed by atoms with E-state index in [4.69, 9.17) is 21.1 Å². The number of nitrogens with one attached hydrogen (secondary N) is 2. The molecule has 0 atom stereocenters. The number of ether oxygens (including phenoxy) is 2. The maximum Gasteiger partial charge on any atom is 0.321 e. The van der Waals surface area contributed by atoms with Gasteiger partial charge < -0.3 is 20.1 Å². The van der Waals surface area contributed by atoms with Gasteiger partial charge in [0.1, 0.15) is 11.5 Å². The molecule has 0 saturated heterocycles. The second-order valence-electron chi connectivity index (χ2n) is 4.33. The third kappa shape index (κ3) is 5.18. The summed E-state index contributed by atoms with van der Waals surface area (Å²) >= 11 is 5.77. The van der Waals surface area contributed by atoms with Gasteiger partial charge in [0, 0.05) is 10.7 Å². The summed E-state index contributed by atoms with van der Waals surface area (Å²) in [6, 6.07) is 13.7. The molecule has 0 aliphatic carbocycles. The van der Waals surface area contributed by atoms with Gasteiger partial charge in [-0.1, -0.05) is 11.6 Å². The van der Waals surface area contributed by atoms with Gasteiger partial charge >= 0.3 is 6.03 Å². The average Bonchev–Trinajstić information content (AvgIpc) is 2.51. The smallest absolute Gasteiger partial charge is 0.321 e. The highest BCUT2D eigenvalue weighted by atomic mass is 35.5. The van der Waals surface area contributed by atoms with Crippen molar-refractivity contribution in [1.82, 2.24) is 5.32 Å². The van der Waals surface area contributed by atoms with E-state index in [2.05, 4.69) is 10.6 Å². The van der Waals surface area contributed by atoms with Crippen LogP contribution in [0.2, 0.25) is 5.02 Å². The summed E-state index contributed by atoms with van der Waals surface area (Å²) in [7, 11) is 0. The number of carbonyl (C=O) groups excluding carboxylic acids is 1. The summed E-state index contributed by atoms with van der Waals surface area (Å²) in [6.07, 6.45) is 0. The molecule has 2 aromatic carbocycles. The summed E-state index contributed by atoms with van der Waals surface area (Å²) < 4.78 is 10.7. The van der Waals surface area contributed by atoms with Crippen LogP contribution in [0.5, 0.6) is 11.5 Å². The first kappa shape index (κ1) is 16.0. The van der Waals surface area contributed by atoms with Crippen molar-refractivity contribution in [3.63, 3.8) is 0 Å². The van der Waals surface area contributed by atoms with Crippen molar-refractivity contribution in [2.75, 3.05) is 18.7 Å². The number of hydrogen-bond donors (Lipinski definition) is 2. The quantitative estimate of drug-likeness (QED) is 0.794. The Morgan fingerprint density at radius 1 is 1.00 bits per heavy atom. The zero-order chi connectivity index (χ0) is 15.8. The van der Waals surface area contributed by atoms with E-state index in [1.807, 2.05) is 6.92 Å². The molecule has 2 rings (SSSR count). The van der Waals surface area contributed by atoms with Crippen molar-refractivity contribution in [2.45, 2.75) is 6.92 Å². The molecule has 2 N–H and O–H groups in total. The molecule has 0 unspecified atom stereocenters. The zero-order valence-corrected chi connectivity index (χ0v) is 12.9. The van der Waals surface area contributed by atoms with Crippen molar-refractivity contribution < 1.29 is 14.3 Å². The minimum Gasteiger partial charge on any atom is -0.494 e. The molecule has 0 aromatic heterocycles. The molecule has 0 fully saturated rings. The van der Waals surface area contributed by atoms with E-state index in [0.29, 0.717) is 23.1 Å². The minimum absolute atomic E-state index is 0.0600. The summed E-state index contributed by atoms with van der Waals surface area (Å²) in [6.45, 7) is 2.58. The van der Waals surface area contributed by atoms with E-state index in [-0.39, 0.29) is 12.8 Å². The molecular weight excluding hydrogens is 304 g/mol. The maximum absolute atomic E-state index is 11.7. The molecule has 116 valence electrons. The second-order valence-corrected chi connectivity index (χ2v) is 4.77. The van der Waals surface area contributed by atoms with Crippen LogP contribution in [0, 0.1) is 0 Å². The van der Waals surface area contributed by atoms with E-state index in [0.717, 1.165) is 5.75 Å². The lowest BCUT2D eigenvalue weighted by atomic mass is 10.3. The van der Waals surface area contributed by atoms with Crippen LogP contribution in [0.1, 0.15) is 6.92 Å². The highest BCUT2D eigenvalue weighted by molar-refractivity contribution is 6.30. The van der Waals surface area contributed by atoms with Gasteiger partial charge in [-0.15, -0.1) is 0 Å². The number of carbonyl (C=O) groups is 1. The van der Waals surface area contributed by atoms with Crippen LogP contribution in [0.15, 0.2) is 48.5 Å². The van der Waals surface area contributed by atoms with E-state index in [1.165, 1.54) is 0 Å². The van der Waals surface area contributed by atoms with Gasteiger partial charge in [-0.2, -0.15) is 0 Å². The Morgan fingerprint density at radius 3 is 2.23 bits per heavy atom. The average molecular weight is 321 g/mol. The summed E-state index contributed by atoms with van der Waals surface area (Å²) in [5, 5.41) is 5.93. The fraction of sp³-hybridized carbons (Fsp3) is 0.188. The Labute approximate surface area is 134 Å². The Kier molecular flexibility index (Phi) is 5.91. The number of hydrogen-bond acceptors (Lipinski definition) is 3. The summed E-state index contributed by atoms with van der Waals surface area (Å²) in [4.78, 5) is 11.7. The third-order valence-corrected chi connectivity index (χ3v) is 2.96. The largest absolute Gasteiger partial charge is 0.494 e. The molecular formula is C16H17ClN2O3. The van der Waals surface area contributed by atoms with Crippen molar-refractivity contribution in [3.8, 4) is 11.5 Å². The Morgan fingerprint density at radius 2 is 1.59 bits per heavy atom. The molecule has 0 aliphatic heterocycles. The molecule has 0 saturated carbocycles. The molecule has 0 spiro atoms. The second kappa shape index (κ2) is 8.14. The fourth-order valence-corrected chi connectivity index (χ4v) is 1.82. The molecule has 0 bridgehead atoms. The van der Waals surface area contributed by atoms with Crippen LogP contribution >= 0.6 is 11.6 Å². The lowest BCUT2D eigenvalue weighted by Gasteiger charge is -2.10. The third-order valence-electron chi connectivity index (χ3n) is 2.71. The highest BCUT2D eigenvalue weighted by Gasteiger charge is 2.02. The van der Waals surface area contributed by atoms with Gasteiger partial charge in [0.2, 0.25) is 0 Å². The van der Waals surface area contributed by atoms with Gasteiger partial charge in [0.05, 0.1) is 6.61 Å². The van der Waals surface area contributed by atoms with Crippen LogP contribution in [0.3, 0.4) is 0 Å². The number of benzene rings is 2. The molecule has 6 heteroatoms. The normalized spacial score (nSPS) is 9.91. The fourth-order valence-electron chi connectivity index (χ4n) is 1.69. The molecule has 0 aliphatic rings. The lowest BCUT2D eigenvalue weighted by molar-refractivity contribution is 0.234. The molecule has 2 amide bonds. The number of rotatable bonds is 6. The first-order valence-corrected chi connectivity index (χ1v) is 7.21. The van der Waals surface area contributed by atoms with Crippen molar-refractivity contribution >= 4 is 23.3 Å². The monoisotopic (exact) mass is 320 g/mol. The standard InChI is InChI=1S/C16H17ClN2O3/c1-2-21-14-9-5-13(6-10-14)19-16(20)18-11-22-15-7-3-12(17)4-8-15/h3-10H,2,11H2,1H3,(H2,18,19,20). The van der Waals surface area contributed by atoms with Crippen LogP contribution < -0.4 is 20.1 Å². The summed E-state index contributed by atoms with van der Waals surface area (Å²) in [5.41, 5.74) is 0.674. The van der Waals surface area contributed by atoms with E-state index in [9.17, 15) is 4.79 Å². The van der Waals surface area contributed by atoms with Crippen molar-refractivity contribution in [3.05, 3.63) is 53.6 Å². The van der Waals surface area contributed by atoms with Crippen LogP contribution in [-0.2, 0) is 0 Å². The number of amides is 2.